The van der Waals surface area contributed by atoms with Crippen LogP contribution < -0.4 is 10.1 Å². The summed E-state index contributed by atoms with van der Waals surface area (Å²) in [6, 6.07) is 8.73. The number of likely N-dealkylation sites (N-methyl/N-ethyl adjacent to an activating group) is 1. The van der Waals surface area contributed by atoms with E-state index in [0.717, 1.165) is 12.3 Å². The Morgan fingerprint density at radius 3 is 2.94 bits per heavy atom. The fourth-order valence-corrected chi connectivity index (χ4v) is 2.45. The highest BCUT2D eigenvalue weighted by Gasteiger charge is 2.18. The Morgan fingerprint density at radius 2 is 2.29 bits per heavy atom. The van der Waals surface area contributed by atoms with Gasteiger partial charge in [-0.2, -0.15) is 0 Å². The smallest absolute Gasteiger partial charge is 0.119 e. The molecule has 17 heavy (non-hydrogen) atoms. The molecule has 1 aromatic carbocycles. The molecule has 1 atom stereocenters. The van der Waals surface area contributed by atoms with Crippen molar-refractivity contribution in [2.45, 2.75) is 32.2 Å². The molecule has 0 bridgehead atoms. The van der Waals surface area contributed by atoms with Gasteiger partial charge in [0.05, 0.1) is 13.2 Å². The van der Waals surface area contributed by atoms with Crippen LogP contribution in [0.1, 0.15) is 37.8 Å². The average molecular weight is 231 g/mol. The van der Waals surface area contributed by atoms with Gasteiger partial charge in [-0.05, 0) is 43.5 Å². The number of nitrogens with one attached hydrogen (secondary N) is 1. The van der Waals surface area contributed by atoms with E-state index in [9.17, 15) is 0 Å². The molecular formula is C15H21NO. The lowest BCUT2D eigenvalue weighted by Gasteiger charge is -2.20. The van der Waals surface area contributed by atoms with E-state index in [2.05, 4.69) is 36.5 Å². The van der Waals surface area contributed by atoms with Gasteiger partial charge in [0.1, 0.15) is 5.75 Å². The van der Waals surface area contributed by atoms with E-state index in [1.807, 2.05) is 6.07 Å². The Bertz CT molecular complexity index is 398. The van der Waals surface area contributed by atoms with E-state index in [4.69, 9.17) is 4.74 Å². The van der Waals surface area contributed by atoms with Crippen molar-refractivity contribution in [3.63, 3.8) is 0 Å². The van der Waals surface area contributed by atoms with Gasteiger partial charge in [0.15, 0.2) is 0 Å². The summed E-state index contributed by atoms with van der Waals surface area (Å²) < 4.78 is 5.30. The first-order chi connectivity index (χ1) is 8.35. The molecule has 2 nitrogen and oxygen atoms in total. The average Bonchev–Trinajstić information content (AvgIpc) is 2.89. The van der Waals surface area contributed by atoms with Crippen molar-refractivity contribution in [2.75, 3.05) is 13.7 Å². The molecule has 1 aliphatic carbocycles. The quantitative estimate of drug-likeness (QED) is 0.784. The molecule has 0 heterocycles. The monoisotopic (exact) mass is 231 g/mol. The van der Waals surface area contributed by atoms with Gasteiger partial charge in [0.25, 0.3) is 0 Å². The number of allylic oxidation sites excluding steroid dienone is 1. The first-order valence-electron chi connectivity index (χ1n) is 6.41. The van der Waals surface area contributed by atoms with Gasteiger partial charge >= 0.3 is 0 Å². The van der Waals surface area contributed by atoms with Gasteiger partial charge in [0.2, 0.25) is 0 Å². The van der Waals surface area contributed by atoms with E-state index in [-0.39, 0.29) is 0 Å². The Kier molecular flexibility index (Phi) is 4.21. The first kappa shape index (κ1) is 12.2. The third kappa shape index (κ3) is 2.89. The van der Waals surface area contributed by atoms with Crippen LogP contribution in [-0.2, 0) is 0 Å². The largest absolute Gasteiger partial charge is 0.497 e. The summed E-state index contributed by atoms with van der Waals surface area (Å²) in [6.07, 6.45) is 6.12. The number of rotatable bonds is 5. The Labute approximate surface area is 104 Å². The highest BCUT2D eigenvalue weighted by Crippen LogP contribution is 2.31. The van der Waals surface area contributed by atoms with Gasteiger partial charge in [-0.15, -0.1) is 0 Å². The molecule has 2 heteroatoms. The molecule has 1 unspecified atom stereocenters. The van der Waals surface area contributed by atoms with E-state index in [0.29, 0.717) is 6.04 Å². The van der Waals surface area contributed by atoms with Crippen molar-refractivity contribution in [1.82, 2.24) is 5.32 Å². The number of hydrogen-bond donors (Lipinski definition) is 1. The fourth-order valence-electron chi connectivity index (χ4n) is 2.45. The Balaban J connectivity index is 2.24. The zero-order valence-corrected chi connectivity index (χ0v) is 10.7. The summed E-state index contributed by atoms with van der Waals surface area (Å²) in [6.45, 7) is 3.14. The van der Waals surface area contributed by atoms with Gasteiger partial charge in [0, 0.05) is 0 Å². The van der Waals surface area contributed by atoms with Crippen LogP contribution in [0.15, 0.2) is 35.9 Å². The van der Waals surface area contributed by atoms with Crippen molar-refractivity contribution in [3.05, 3.63) is 41.5 Å². The minimum atomic E-state index is 0.359. The predicted octanol–water partition coefficient (Wildman–Crippen LogP) is 3.46. The van der Waals surface area contributed by atoms with E-state index >= 15 is 0 Å². The second-order valence-corrected chi connectivity index (χ2v) is 4.44. The van der Waals surface area contributed by atoms with Gasteiger partial charge in [-0.25, -0.2) is 0 Å². The molecule has 1 N–H and O–H groups in total. The molecule has 0 aliphatic heterocycles. The molecule has 1 aromatic rings. The molecule has 0 aromatic heterocycles. The summed E-state index contributed by atoms with van der Waals surface area (Å²) in [7, 11) is 1.72. The summed E-state index contributed by atoms with van der Waals surface area (Å²) >= 11 is 0. The Hall–Kier alpha value is -1.28. The maximum Gasteiger partial charge on any atom is 0.119 e. The van der Waals surface area contributed by atoms with Crippen LogP contribution in [0.2, 0.25) is 0 Å². The molecule has 0 spiro atoms. The lowest BCUT2D eigenvalue weighted by molar-refractivity contribution is 0.413. The summed E-state index contributed by atoms with van der Waals surface area (Å²) in [5, 5.41) is 3.57. The minimum absolute atomic E-state index is 0.359. The van der Waals surface area contributed by atoms with E-state index in [1.165, 1.54) is 30.4 Å². The lowest BCUT2D eigenvalue weighted by Crippen LogP contribution is -2.22. The summed E-state index contributed by atoms with van der Waals surface area (Å²) in [5.74, 6) is 0.934. The first-order valence-corrected chi connectivity index (χ1v) is 6.41. The molecule has 0 fully saturated rings. The second kappa shape index (κ2) is 5.87. The van der Waals surface area contributed by atoms with Crippen LogP contribution in [0.25, 0.3) is 0 Å². The van der Waals surface area contributed by atoms with E-state index in [1.54, 1.807) is 7.11 Å². The van der Waals surface area contributed by atoms with Crippen molar-refractivity contribution in [1.29, 1.82) is 0 Å². The summed E-state index contributed by atoms with van der Waals surface area (Å²) in [5.41, 5.74) is 2.83. The maximum atomic E-state index is 5.30. The van der Waals surface area contributed by atoms with Gasteiger partial charge < -0.3 is 10.1 Å². The van der Waals surface area contributed by atoms with Crippen LogP contribution >= 0.6 is 0 Å². The predicted molar refractivity (Wildman–Crippen MR) is 71.3 cm³/mol. The van der Waals surface area contributed by atoms with Gasteiger partial charge in [-0.3, -0.25) is 0 Å². The molecule has 92 valence electrons. The maximum absolute atomic E-state index is 5.30. The number of methoxy groups -OCH3 is 1. The fraction of sp³-hybridized carbons (Fsp3) is 0.467. The molecule has 0 radical (unpaired) electrons. The van der Waals surface area contributed by atoms with Crippen molar-refractivity contribution in [3.8, 4) is 5.75 Å². The normalized spacial score (nSPS) is 16.7. The molecule has 1 aliphatic rings. The molecule has 0 amide bonds. The van der Waals surface area contributed by atoms with Crippen LogP contribution in [0.5, 0.6) is 5.75 Å². The lowest BCUT2D eigenvalue weighted by atomic mass is 9.98. The van der Waals surface area contributed by atoms with Crippen LogP contribution in [0.3, 0.4) is 0 Å². The molecule has 2 rings (SSSR count). The SMILES string of the molecule is CCNC(C1=CCCC1)c1cccc(OC)c1. The highest BCUT2D eigenvalue weighted by atomic mass is 16.5. The summed E-state index contributed by atoms with van der Waals surface area (Å²) in [4.78, 5) is 0. The third-order valence-corrected chi connectivity index (χ3v) is 3.28. The molecule has 0 saturated heterocycles. The number of hydrogen-bond acceptors (Lipinski definition) is 2. The van der Waals surface area contributed by atoms with Crippen molar-refractivity contribution in [2.24, 2.45) is 0 Å². The van der Waals surface area contributed by atoms with Crippen molar-refractivity contribution >= 4 is 0 Å². The van der Waals surface area contributed by atoms with Crippen molar-refractivity contribution < 1.29 is 4.74 Å². The van der Waals surface area contributed by atoms with Gasteiger partial charge in [-0.1, -0.05) is 30.7 Å². The number of ether oxygens (including phenoxy) is 1. The zero-order chi connectivity index (χ0) is 12.1. The van der Waals surface area contributed by atoms with E-state index < -0.39 is 0 Å². The highest BCUT2D eigenvalue weighted by molar-refractivity contribution is 5.35. The zero-order valence-electron chi connectivity index (χ0n) is 10.7. The van der Waals surface area contributed by atoms with Crippen LogP contribution in [0.4, 0.5) is 0 Å². The number of benzene rings is 1. The standard InChI is InChI=1S/C15H21NO/c1-3-16-15(12-7-4-5-8-12)13-9-6-10-14(11-13)17-2/h6-7,9-11,15-16H,3-5,8H2,1-2H3. The minimum Gasteiger partial charge on any atom is -0.497 e. The third-order valence-electron chi connectivity index (χ3n) is 3.28. The topological polar surface area (TPSA) is 21.3 Å². The van der Waals surface area contributed by atoms with Crippen LogP contribution in [-0.4, -0.2) is 13.7 Å². The Morgan fingerprint density at radius 1 is 1.41 bits per heavy atom. The molecule has 0 saturated carbocycles. The van der Waals surface area contributed by atoms with Crippen LogP contribution in [0, 0.1) is 0 Å². The second-order valence-electron chi connectivity index (χ2n) is 4.44. The molecular weight excluding hydrogens is 210 g/mol.